The van der Waals surface area contributed by atoms with Crippen molar-refractivity contribution in [3.05, 3.63) is 63.1 Å². The van der Waals surface area contributed by atoms with Crippen LogP contribution in [0, 0.1) is 0 Å². The van der Waals surface area contributed by atoms with Crippen LogP contribution in [0.5, 0.6) is 0 Å². The Morgan fingerprint density at radius 2 is 2.10 bits per heavy atom. The third-order valence-electron chi connectivity index (χ3n) is 3.36. The van der Waals surface area contributed by atoms with Gasteiger partial charge in [0.25, 0.3) is 0 Å². The summed E-state index contributed by atoms with van der Waals surface area (Å²) in [6.45, 7) is 0. The maximum atomic E-state index is 6.22. The zero-order valence-corrected chi connectivity index (χ0v) is 13.3. The molecular weight excluding hydrogens is 325 g/mol. The lowest BCUT2D eigenvalue weighted by Gasteiger charge is -2.17. The molecule has 0 saturated carbocycles. The Morgan fingerprint density at radius 1 is 1.24 bits per heavy atom. The second-order valence-electron chi connectivity index (χ2n) is 4.73. The Balaban J connectivity index is 1.92. The number of fused-ring (bicyclic) bond motifs is 1. The molecule has 0 aliphatic heterocycles. The van der Waals surface area contributed by atoms with Crippen LogP contribution in [0.1, 0.15) is 17.2 Å². The lowest BCUT2D eigenvalue weighted by molar-refractivity contribution is 0.551. The number of nitrogens with two attached hydrogens (primary N) is 1. The number of halogens is 2. The number of benzene rings is 1. The summed E-state index contributed by atoms with van der Waals surface area (Å²) in [5.74, 6) is 5.71. The van der Waals surface area contributed by atoms with Gasteiger partial charge in [-0.25, -0.2) is 0 Å². The summed E-state index contributed by atoms with van der Waals surface area (Å²) in [5.41, 5.74) is 5.82. The number of hydrogen-bond donors (Lipinski definition) is 2. The number of hydrazine groups is 1. The van der Waals surface area contributed by atoms with Gasteiger partial charge in [-0.2, -0.15) is 0 Å². The minimum atomic E-state index is -0.0695. The summed E-state index contributed by atoms with van der Waals surface area (Å²) in [6.07, 6.45) is 2.49. The maximum Gasteiger partial charge on any atom is 0.0809 e. The first kappa shape index (κ1) is 14.8. The van der Waals surface area contributed by atoms with Crippen LogP contribution in [-0.4, -0.2) is 4.98 Å². The van der Waals surface area contributed by atoms with E-state index in [4.69, 9.17) is 29.0 Å². The average molecular weight is 338 g/mol. The first-order valence-corrected chi connectivity index (χ1v) is 8.04. The fourth-order valence-corrected chi connectivity index (χ4v) is 3.42. The quantitative estimate of drug-likeness (QED) is 0.549. The number of thiophene rings is 1. The highest BCUT2D eigenvalue weighted by Crippen LogP contribution is 2.28. The third-order valence-corrected chi connectivity index (χ3v) is 4.82. The van der Waals surface area contributed by atoms with Crippen LogP contribution >= 0.6 is 34.5 Å². The van der Waals surface area contributed by atoms with E-state index in [1.165, 1.54) is 0 Å². The lowest BCUT2D eigenvalue weighted by Crippen LogP contribution is -2.29. The summed E-state index contributed by atoms with van der Waals surface area (Å²) in [5, 5.41) is 3.38. The molecule has 108 valence electrons. The fourth-order valence-electron chi connectivity index (χ4n) is 2.24. The number of pyridine rings is 1. The Morgan fingerprint density at radius 3 is 2.90 bits per heavy atom. The van der Waals surface area contributed by atoms with E-state index < -0.39 is 0 Å². The minimum Gasteiger partial charge on any atom is -0.271 e. The van der Waals surface area contributed by atoms with Crippen molar-refractivity contribution in [2.75, 3.05) is 0 Å². The second-order valence-corrected chi connectivity index (χ2v) is 6.52. The highest BCUT2D eigenvalue weighted by atomic mass is 35.5. The summed E-state index contributed by atoms with van der Waals surface area (Å²) in [7, 11) is 0. The Kier molecular flexibility index (Phi) is 4.42. The zero-order chi connectivity index (χ0) is 14.8. The monoisotopic (exact) mass is 337 g/mol. The maximum absolute atomic E-state index is 6.22. The predicted octanol–water partition coefficient (Wildman–Crippen LogP) is 4.35. The number of rotatable bonds is 4. The van der Waals surface area contributed by atoms with Crippen molar-refractivity contribution in [1.82, 2.24) is 10.4 Å². The molecule has 3 rings (SSSR count). The molecule has 1 unspecified atom stereocenters. The third kappa shape index (κ3) is 3.20. The van der Waals surface area contributed by atoms with Crippen molar-refractivity contribution in [2.24, 2.45) is 5.84 Å². The molecule has 0 saturated heterocycles. The first-order valence-electron chi connectivity index (χ1n) is 6.40. The van der Waals surface area contributed by atoms with Crippen molar-refractivity contribution in [3.63, 3.8) is 0 Å². The van der Waals surface area contributed by atoms with Crippen molar-refractivity contribution < 1.29 is 0 Å². The summed E-state index contributed by atoms with van der Waals surface area (Å²) in [4.78, 5) is 4.45. The summed E-state index contributed by atoms with van der Waals surface area (Å²) in [6, 6.07) is 9.48. The highest BCUT2D eigenvalue weighted by Gasteiger charge is 2.14. The van der Waals surface area contributed by atoms with E-state index in [0.717, 1.165) is 21.3 Å². The van der Waals surface area contributed by atoms with Crippen molar-refractivity contribution in [1.29, 1.82) is 0 Å². The molecule has 3 aromatic rings. The van der Waals surface area contributed by atoms with Crippen LogP contribution in [0.3, 0.4) is 0 Å². The molecule has 1 aromatic carbocycles. The molecule has 0 radical (unpaired) electrons. The fraction of sp³-hybridized carbons (Fsp3) is 0.133. The van der Waals surface area contributed by atoms with Crippen LogP contribution in [0.15, 0.2) is 41.9 Å². The molecule has 3 N–H and O–H groups in total. The van der Waals surface area contributed by atoms with Gasteiger partial charge in [-0.05, 0) is 53.3 Å². The zero-order valence-electron chi connectivity index (χ0n) is 11.0. The molecule has 2 heterocycles. The Labute approximate surface area is 136 Å². The highest BCUT2D eigenvalue weighted by molar-refractivity contribution is 7.17. The molecule has 6 heteroatoms. The molecule has 0 spiro atoms. The number of hydrogen-bond acceptors (Lipinski definition) is 4. The molecule has 21 heavy (non-hydrogen) atoms. The van der Waals surface area contributed by atoms with Gasteiger partial charge in [0.1, 0.15) is 0 Å². The van der Waals surface area contributed by atoms with E-state index in [0.29, 0.717) is 16.5 Å². The smallest absolute Gasteiger partial charge is 0.0809 e. The summed E-state index contributed by atoms with van der Waals surface area (Å²) >= 11 is 13.9. The molecule has 0 aliphatic rings. The average Bonchev–Trinajstić information content (AvgIpc) is 2.95. The van der Waals surface area contributed by atoms with E-state index >= 15 is 0 Å². The molecular formula is C15H13Cl2N3S. The molecule has 1 atom stereocenters. The number of aromatic nitrogens is 1. The largest absolute Gasteiger partial charge is 0.271 e. The van der Waals surface area contributed by atoms with Crippen LogP contribution in [0.2, 0.25) is 10.0 Å². The van der Waals surface area contributed by atoms with Gasteiger partial charge in [0.15, 0.2) is 0 Å². The molecule has 2 aromatic heterocycles. The van der Waals surface area contributed by atoms with Crippen LogP contribution in [0.4, 0.5) is 0 Å². The van der Waals surface area contributed by atoms with Crippen LogP contribution in [0.25, 0.3) is 10.2 Å². The summed E-state index contributed by atoms with van der Waals surface area (Å²) < 4.78 is 1.14. The second kappa shape index (κ2) is 6.30. The van der Waals surface area contributed by atoms with Crippen LogP contribution < -0.4 is 11.3 Å². The SMILES string of the molecule is NNC(Cc1cc(Cl)ccc1Cl)c1cnc2ccsc2c1. The van der Waals surface area contributed by atoms with E-state index in [1.54, 1.807) is 23.5 Å². The van der Waals surface area contributed by atoms with Gasteiger partial charge in [0, 0.05) is 16.2 Å². The van der Waals surface area contributed by atoms with Crippen molar-refractivity contribution >= 4 is 44.8 Å². The predicted molar refractivity (Wildman–Crippen MR) is 89.9 cm³/mol. The first-order chi connectivity index (χ1) is 10.2. The van der Waals surface area contributed by atoms with Crippen molar-refractivity contribution in [3.8, 4) is 0 Å². The van der Waals surface area contributed by atoms with Gasteiger partial charge in [-0.15, -0.1) is 11.3 Å². The number of nitrogens with zero attached hydrogens (tertiary/aromatic N) is 1. The van der Waals surface area contributed by atoms with Crippen molar-refractivity contribution in [2.45, 2.75) is 12.5 Å². The topological polar surface area (TPSA) is 50.9 Å². The van der Waals surface area contributed by atoms with Gasteiger partial charge in [-0.1, -0.05) is 23.2 Å². The standard InChI is InChI=1S/C15H13Cl2N3S/c16-11-1-2-12(17)9(5-11)6-14(20-18)10-7-15-13(19-8-10)3-4-21-15/h1-5,7-8,14,20H,6,18H2. The molecule has 0 amide bonds. The van der Waals surface area contributed by atoms with Crippen LogP contribution in [-0.2, 0) is 6.42 Å². The van der Waals surface area contributed by atoms with Gasteiger partial charge >= 0.3 is 0 Å². The van der Waals surface area contributed by atoms with Gasteiger partial charge in [0.05, 0.1) is 16.3 Å². The van der Waals surface area contributed by atoms with E-state index in [2.05, 4.69) is 16.5 Å². The number of nitrogens with one attached hydrogen (secondary N) is 1. The molecule has 0 fully saturated rings. The molecule has 0 aliphatic carbocycles. The minimum absolute atomic E-state index is 0.0695. The van der Waals surface area contributed by atoms with Gasteiger partial charge in [-0.3, -0.25) is 16.3 Å². The molecule has 3 nitrogen and oxygen atoms in total. The Hall–Kier alpha value is -1.17. The van der Waals surface area contributed by atoms with E-state index in [1.807, 2.05) is 23.7 Å². The van der Waals surface area contributed by atoms with Gasteiger partial charge < -0.3 is 0 Å². The molecule has 0 bridgehead atoms. The normalized spacial score (nSPS) is 12.7. The van der Waals surface area contributed by atoms with E-state index in [9.17, 15) is 0 Å². The Bertz CT molecular complexity index is 772. The van der Waals surface area contributed by atoms with Gasteiger partial charge in [0.2, 0.25) is 0 Å². The lowest BCUT2D eigenvalue weighted by atomic mass is 10.0. The van der Waals surface area contributed by atoms with E-state index in [-0.39, 0.29) is 6.04 Å².